The van der Waals surface area contributed by atoms with E-state index in [1.807, 2.05) is 0 Å². The third-order valence-corrected chi connectivity index (χ3v) is 3.57. The predicted molar refractivity (Wildman–Crippen MR) is 75.8 cm³/mol. The summed E-state index contributed by atoms with van der Waals surface area (Å²) in [5.41, 5.74) is -0.486. The number of rotatable bonds is 1. The molecule has 0 bridgehead atoms. The van der Waals surface area contributed by atoms with Gasteiger partial charge in [-0.2, -0.15) is 0 Å². The predicted octanol–water partition coefficient (Wildman–Crippen LogP) is 1.71. The van der Waals surface area contributed by atoms with Gasteiger partial charge in [-0.1, -0.05) is 6.08 Å². The van der Waals surface area contributed by atoms with Gasteiger partial charge >= 0.3 is 0 Å². The van der Waals surface area contributed by atoms with Gasteiger partial charge in [-0.3, -0.25) is 14.6 Å². The van der Waals surface area contributed by atoms with Crippen LogP contribution in [0.1, 0.15) is 37.9 Å². The second-order valence-corrected chi connectivity index (χ2v) is 4.70. The molecule has 3 rings (SSSR count). The Morgan fingerprint density at radius 1 is 1.00 bits per heavy atom. The fourth-order valence-electron chi connectivity index (χ4n) is 2.62. The number of ketones is 2. The Hall–Kier alpha value is -3.02. The molecule has 21 heavy (non-hydrogen) atoms. The lowest BCUT2D eigenvalue weighted by molar-refractivity contribution is 0.0989. The molecular formula is C15H10N2O4. The largest absolute Gasteiger partial charge is 0.507 e. The van der Waals surface area contributed by atoms with E-state index < -0.39 is 29.1 Å². The zero-order valence-electron chi connectivity index (χ0n) is 10.8. The number of fused-ring (bicyclic) bond motifs is 2. The molecule has 3 N–H and O–H groups in total. The molecule has 6 heteroatoms. The Morgan fingerprint density at radius 3 is 2.14 bits per heavy atom. The first-order chi connectivity index (χ1) is 9.97. The molecule has 2 aliphatic rings. The van der Waals surface area contributed by atoms with Gasteiger partial charge in [-0.15, -0.1) is 0 Å². The molecular weight excluding hydrogens is 272 g/mol. The second-order valence-electron chi connectivity index (χ2n) is 4.70. The minimum absolute atomic E-state index is 0.00241. The van der Waals surface area contributed by atoms with E-state index >= 15 is 0 Å². The summed E-state index contributed by atoms with van der Waals surface area (Å²) in [4.78, 5) is 27.7. The fraction of sp³-hybridized carbons (Fsp3) is 0.0667. The summed E-state index contributed by atoms with van der Waals surface area (Å²) in [5, 5.41) is 28.6. The molecule has 0 aliphatic heterocycles. The lowest BCUT2D eigenvalue weighted by atomic mass is 9.82. The van der Waals surface area contributed by atoms with E-state index in [-0.39, 0.29) is 28.0 Å². The van der Waals surface area contributed by atoms with E-state index in [0.29, 0.717) is 0 Å². The van der Waals surface area contributed by atoms with Crippen LogP contribution in [0.2, 0.25) is 0 Å². The van der Waals surface area contributed by atoms with E-state index in [0.717, 1.165) is 12.2 Å². The Kier molecular flexibility index (Phi) is 2.62. The van der Waals surface area contributed by atoms with Crippen molar-refractivity contribution in [1.29, 1.82) is 5.41 Å². The summed E-state index contributed by atoms with van der Waals surface area (Å²) >= 11 is 0. The van der Waals surface area contributed by atoms with Crippen LogP contribution in [-0.2, 0) is 0 Å². The minimum atomic E-state index is -0.695. The average molecular weight is 282 g/mol. The number of aromatic hydroxyl groups is 2. The van der Waals surface area contributed by atoms with Crippen LogP contribution in [0.25, 0.3) is 0 Å². The van der Waals surface area contributed by atoms with Gasteiger partial charge in [0.15, 0.2) is 11.6 Å². The van der Waals surface area contributed by atoms with Crippen molar-refractivity contribution >= 4 is 24.0 Å². The summed E-state index contributed by atoms with van der Waals surface area (Å²) in [5.74, 6) is -2.09. The monoisotopic (exact) mass is 282 g/mol. The number of allylic oxidation sites excluding steroid dienone is 3. The molecule has 1 unspecified atom stereocenters. The van der Waals surface area contributed by atoms with Crippen LogP contribution in [0.4, 0.5) is 0 Å². The van der Waals surface area contributed by atoms with Crippen molar-refractivity contribution in [2.45, 2.75) is 6.04 Å². The number of aliphatic imine (C=N–C) groups is 1. The van der Waals surface area contributed by atoms with Gasteiger partial charge in [-0.25, -0.2) is 0 Å². The first-order valence-electron chi connectivity index (χ1n) is 6.08. The Balaban J connectivity index is 2.48. The fourth-order valence-corrected chi connectivity index (χ4v) is 2.62. The maximum Gasteiger partial charge on any atom is 0.190 e. The number of nitrogens with zero attached hydrogens (tertiary/aromatic N) is 1. The number of nitrogens with one attached hydrogen (secondary N) is 1. The number of hydrogen-bond acceptors (Lipinski definition) is 6. The summed E-state index contributed by atoms with van der Waals surface area (Å²) in [6, 6.07) is -0.695. The molecule has 1 aromatic carbocycles. The van der Waals surface area contributed by atoms with Crippen molar-refractivity contribution in [3.05, 3.63) is 46.6 Å². The topological polar surface area (TPSA) is 111 Å². The molecule has 104 valence electrons. The van der Waals surface area contributed by atoms with Gasteiger partial charge in [0.05, 0.1) is 28.4 Å². The van der Waals surface area contributed by atoms with Crippen molar-refractivity contribution in [3.63, 3.8) is 0 Å². The molecule has 0 fully saturated rings. The number of carbonyl (C=O) groups excluding carboxylic acids is 2. The summed E-state index contributed by atoms with van der Waals surface area (Å²) in [7, 11) is 0. The zero-order chi connectivity index (χ0) is 15.3. The van der Waals surface area contributed by atoms with Crippen molar-refractivity contribution in [1.82, 2.24) is 0 Å². The quantitative estimate of drug-likeness (QED) is 0.537. The number of hydrogen-bond donors (Lipinski definition) is 3. The summed E-state index contributed by atoms with van der Waals surface area (Å²) in [6.45, 7) is 3.39. The SMILES string of the molecule is C=NC1C=CC(=N)c2c(O)c3c(c(O)c21)C(=O)C=CC3=O. The Labute approximate surface area is 119 Å². The molecule has 0 spiro atoms. The molecule has 0 radical (unpaired) electrons. The highest BCUT2D eigenvalue weighted by atomic mass is 16.3. The van der Waals surface area contributed by atoms with Crippen molar-refractivity contribution in [2.24, 2.45) is 4.99 Å². The van der Waals surface area contributed by atoms with Crippen molar-refractivity contribution in [3.8, 4) is 11.5 Å². The summed E-state index contributed by atoms with van der Waals surface area (Å²) in [6.07, 6.45) is 4.99. The summed E-state index contributed by atoms with van der Waals surface area (Å²) < 4.78 is 0. The van der Waals surface area contributed by atoms with Gasteiger partial charge in [0.2, 0.25) is 0 Å². The smallest absolute Gasteiger partial charge is 0.190 e. The van der Waals surface area contributed by atoms with Crippen LogP contribution in [0.5, 0.6) is 11.5 Å². The number of benzene rings is 1. The van der Waals surface area contributed by atoms with Crippen molar-refractivity contribution < 1.29 is 19.8 Å². The lowest BCUT2D eigenvalue weighted by Crippen LogP contribution is -2.19. The molecule has 0 heterocycles. The molecule has 0 saturated carbocycles. The van der Waals surface area contributed by atoms with E-state index in [2.05, 4.69) is 11.7 Å². The van der Waals surface area contributed by atoms with E-state index in [1.165, 1.54) is 12.2 Å². The van der Waals surface area contributed by atoms with Crippen LogP contribution >= 0.6 is 0 Å². The van der Waals surface area contributed by atoms with E-state index in [4.69, 9.17) is 5.41 Å². The van der Waals surface area contributed by atoms with Crippen molar-refractivity contribution in [2.75, 3.05) is 0 Å². The molecule has 2 aliphatic carbocycles. The molecule has 1 atom stereocenters. The zero-order valence-corrected chi connectivity index (χ0v) is 10.8. The third-order valence-electron chi connectivity index (χ3n) is 3.57. The van der Waals surface area contributed by atoms with Crippen LogP contribution in [0.15, 0.2) is 29.3 Å². The molecule has 0 aromatic heterocycles. The Morgan fingerprint density at radius 2 is 1.57 bits per heavy atom. The van der Waals surface area contributed by atoms with E-state index in [1.54, 1.807) is 0 Å². The van der Waals surface area contributed by atoms with Crippen LogP contribution in [0.3, 0.4) is 0 Å². The van der Waals surface area contributed by atoms with Crippen LogP contribution in [-0.4, -0.2) is 34.2 Å². The second kappa shape index (κ2) is 4.24. The number of carbonyl (C=O) groups is 2. The van der Waals surface area contributed by atoms with Crippen LogP contribution < -0.4 is 0 Å². The van der Waals surface area contributed by atoms with E-state index in [9.17, 15) is 19.8 Å². The maximum absolute atomic E-state index is 11.9. The highest BCUT2D eigenvalue weighted by Crippen LogP contribution is 2.45. The Bertz CT molecular complexity index is 803. The lowest BCUT2D eigenvalue weighted by Gasteiger charge is -2.24. The normalized spacial score (nSPS) is 19.4. The standard InChI is InChI=1S/C15H10N2O4/c1-17-7-3-2-6(16)10-11(7)15(21)13-9(19)5-4-8(18)12(13)14(10)20/h2-5,7,16,20-21H,1H2. The highest BCUT2D eigenvalue weighted by molar-refractivity contribution is 6.26. The maximum atomic E-state index is 11.9. The number of phenolic OH excluding ortho intramolecular Hbond substituents is 2. The minimum Gasteiger partial charge on any atom is -0.507 e. The van der Waals surface area contributed by atoms with Gasteiger partial charge in [-0.05, 0) is 24.9 Å². The first-order valence-corrected chi connectivity index (χ1v) is 6.08. The average Bonchev–Trinajstić information content (AvgIpc) is 2.46. The van der Waals surface area contributed by atoms with Gasteiger partial charge in [0.1, 0.15) is 11.5 Å². The van der Waals surface area contributed by atoms with Gasteiger partial charge in [0, 0.05) is 5.56 Å². The molecule has 0 saturated heterocycles. The number of phenols is 2. The van der Waals surface area contributed by atoms with Crippen LogP contribution in [0, 0.1) is 5.41 Å². The van der Waals surface area contributed by atoms with Gasteiger partial charge < -0.3 is 15.6 Å². The third kappa shape index (κ3) is 1.59. The van der Waals surface area contributed by atoms with Gasteiger partial charge in [0.25, 0.3) is 0 Å². The molecule has 6 nitrogen and oxygen atoms in total. The molecule has 1 aromatic rings. The molecule has 0 amide bonds. The first kappa shape index (κ1) is 13.0. The highest BCUT2D eigenvalue weighted by Gasteiger charge is 2.35.